The smallest absolute Gasteiger partial charge is 0.322 e. The van der Waals surface area contributed by atoms with E-state index in [4.69, 9.17) is 9.84 Å². The molecule has 0 aromatic heterocycles. The molecule has 1 unspecified atom stereocenters. The quantitative estimate of drug-likeness (QED) is 0.409. The Balaban J connectivity index is 4.47. The lowest BCUT2D eigenvalue weighted by Gasteiger charge is -2.13. The standard InChI is InChI=1S/C9H17NO7S/c1-16-5-3-4-7(9(12)13)10-18(14,15)6-8(11)17-2/h7,10H,3-6H2,1-2H3,(H,12,13). The van der Waals surface area contributed by atoms with Gasteiger partial charge in [-0.15, -0.1) is 0 Å². The molecule has 0 aromatic rings. The molecule has 106 valence electrons. The monoisotopic (exact) mass is 283 g/mol. The van der Waals surface area contributed by atoms with Crippen molar-refractivity contribution < 1.29 is 32.6 Å². The van der Waals surface area contributed by atoms with E-state index in [1.807, 2.05) is 4.72 Å². The third-order valence-corrected chi connectivity index (χ3v) is 3.26. The Morgan fingerprint density at radius 2 is 1.94 bits per heavy atom. The largest absolute Gasteiger partial charge is 0.480 e. The van der Waals surface area contributed by atoms with Crippen LogP contribution < -0.4 is 4.72 Å². The molecule has 0 heterocycles. The van der Waals surface area contributed by atoms with E-state index < -0.39 is 33.8 Å². The number of sulfonamides is 1. The van der Waals surface area contributed by atoms with Gasteiger partial charge in [-0.2, -0.15) is 0 Å². The van der Waals surface area contributed by atoms with E-state index in [-0.39, 0.29) is 6.42 Å². The molecule has 0 amide bonds. The van der Waals surface area contributed by atoms with Crippen molar-refractivity contribution >= 4 is 22.0 Å². The summed E-state index contributed by atoms with van der Waals surface area (Å²) in [6.07, 6.45) is 0.456. The fraction of sp³-hybridized carbons (Fsp3) is 0.778. The van der Waals surface area contributed by atoms with Crippen LogP contribution in [0.25, 0.3) is 0 Å². The zero-order valence-corrected chi connectivity index (χ0v) is 11.0. The summed E-state index contributed by atoms with van der Waals surface area (Å²) in [5.41, 5.74) is 0. The van der Waals surface area contributed by atoms with Crippen molar-refractivity contribution in [3.05, 3.63) is 0 Å². The maximum Gasteiger partial charge on any atom is 0.322 e. The van der Waals surface area contributed by atoms with E-state index >= 15 is 0 Å². The minimum Gasteiger partial charge on any atom is -0.480 e. The van der Waals surface area contributed by atoms with Crippen molar-refractivity contribution in [1.82, 2.24) is 4.72 Å². The van der Waals surface area contributed by atoms with Gasteiger partial charge in [-0.3, -0.25) is 9.59 Å². The molecule has 0 aromatic carbocycles. The highest BCUT2D eigenvalue weighted by atomic mass is 32.2. The Hall–Kier alpha value is -1.19. The van der Waals surface area contributed by atoms with Crippen molar-refractivity contribution in [3.63, 3.8) is 0 Å². The first-order valence-electron chi connectivity index (χ1n) is 5.11. The first-order chi connectivity index (χ1) is 8.32. The van der Waals surface area contributed by atoms with Crippen LogP contribution in [0.4, 0.5) is 0 Å². The molecular formula is C9H17NO7S. The Morgan fingerprint density at radius 3 is 2.39 bits per heavy atom. The van der Waals surface area contributed by atoms with Crippen molar-refractivity contribution in [3.8, 4) is 0 Å². The molecule has 2 N–H and O–H groups in total. The number of carbonyl (C=O) groups excluding carboxylic acids is 1. The first kappa shape index (κ1) is 16.8. The van der Waals surface area contributed by atoms with Gasteiger partial charge in [0, 0.05) is 13.7 Å². The van der Waals surface area contributed by atoms with Crippen LogP contribution >= 0.6 is 0 Å². The van der Waals surface area contributed by atoms with Crippen LogP contribution in [0.3, 0.4) is 0 Å². The number of ether oxygens (including phenoxy) is 2. The summed E-state index contributed by atoms with van der Waals surface area (Å²) in [6.45, 7) is 0.322. The number of hydrogen-bond acceptors (Lipinski definition) is 6. The fourth-order valence-electron chi connectivity index (χ4n) is 1.14. The molecule has 0 saturated carbocycles. The van der Waals surface area contributed by atoms with Crippen LogP contribution in [0.5, 0.6) is 0 Å². The molecule has 0 aliphatic heterocycles. The summed E-state index contributed by atoms with van der Waals surface area (Å²) in [5.74, 6) is -3.17. The summed E-state index contributed by atoms with van der Waals surface area (Å²) >= 11 is 0. The minimum absolute atomic E-state index is 0.0730. The van der Waals surface area contributed by atoms with E-state index in [2.05, 4.69) is 4.74 Å². The number of hydrogen-bond donors (Lipinski definition) is 2. The van der Waals surface area contributed by atoms with Crippen LogP contribution in [0.2, 0.25) is 0 Å². The predicted octanol–water partition coefficient (Wildman–Crippen LogP) is -1.04. The van der Waals surface area contributed by atoms with Crippen molar-refractivity contribution in [2.75, 3.05) is 26.6 Å². The average Bonchev–Trinajstić information content (AvgIpc) is 2.26. The molecule has 8 nitrogen and oxygen atoms in total. The predicted molar refractivity (Wildman–Crippen MR) is 61.5 cm³/mol. The number of aliphatic carboxylic acids is 1. The van der Waals surface area contributed by atoms with Crippen LogP contribution in [0.15, 0.2) is 0 Å². The molecule has 0 aliphatic carbocycles. The highest BCUT2D eigenvalue weighted by Crippen LogP contribution is 2.01. The number of methoxy groups -OCH3 is 2. The molecule has 0 radical (unpaired) electrons. The topological polar surface area (TPSA) is 119 Å². The van der Waals surface area contributed by atoms with Gasteiger partial charge in [0.05, 0.1) is 7.11 Å². The van der Waals surface area contributed by atoms with Gasteiger partial charge < -0.3 is 14.6 Å². The zero-order chi connectivity index (χ0) is 14.2. The maximum atomic E-state index is 11.4. The summed E-state index contributed by atoms with van der Waals surface area (Å²) in [4.78, 5) is 21.7. The van der Waals surface area contributed by atoms with Crippen LogP contribution in [-0.2, 0) is 29.1 Å². The summed E-state index contributed by atoms with van der Waals surface area (Å²) in [7, 11) is -1.52. The number of rotatable bonds is 9. The molecule has 9 heteroatoms. The van der Waals surface area contributed by atoms with Gasteiger partial charge in [-0.05, 0) is 12.8 Å². The number of carbonyl (C=O) groups is 2. The SMILES string of the molecule is COCCCC(NS(=O)(=O)CC(=O)OC)C(=O)O. The molecular weight excluding hydrogens is 266 g/mol. The second kappa shape index (κ2) is 8.01. The zero-order valence-electron chi connectivity index (χ0n) is 10.2. The minimum atomic E-state index is -4.02. The lowest BCUT2D eigenvalue weighted by Crippen LogP contribution is -2.43. The highest BCUT2D eigenvalue weighted by Gasteiger charge is 2.25. The van der Waals surface area contributed by atoms with E-state index in [1.54, 1.807) is 0 Å². The first-order valence-corrected chi connectivity index (χ1v) is 6.76. The molecule has 0 fully saturated rings. The Morgan fingerprint density at radius 1 is 1.33 bits per heavy atom. The third-order valence-electron chi connectivity index (χ3n) is 2.00. The molecule has 0 spiro atoms. The number of esters is 1. The van der Waals surface area contributed by atoms with Gasteiger partial charge in [0.25, 0.3) is 0 Å². The molecule has 1 atom stereocenters. The van der Waals surface area contributed by atoms with Gasteiger partial charge in [-0.25, -0.2) is 13.1 Å². The second-order valence-corrected chi connectivity index (χ2v) is 5.23. The van der Waals surface area contributed by atoms with E-state index in [0.717, 1.165) is 7.11 Å². The number of nitrogens with one attached hydrogen (secondary N) is 1. The van der Waals surface area contributed by atoms with E-state index in [0.29, 0.717) is 13.0 Å². The Labute approximate surface area is 105 Å². The summed E-state index contributed by atoms with van der Waals surface area (Å²) in [5, 5.41) is 8.84. The van der Waals surface area contributed by atoms with Gasteiger partial charge >= 0.3 is 11.9 Å². The lowest BCUT2D eigenvalue weighted by molar-refractivity contribution is -0.140. The molecule has 0 aliphatic rings. The third kappa shape index (κ3) is 7.20. The van der Waals surface area contributed by atoms with Gasteiger partial charge in [0.1, 0.15) is 6.04 Å². The molecule has 18 heavy (non-hydrogen) atoms. The van der Waals surface area contributed by atoms with Crippen molar-refractivity contribution in [1.29, 1.82) is 0 Å². The van der Waals surface area contributed by atoms with E-state index in [1.165, 1.54) is 7.11 Å². The molecule has 0 rings (SSSR count). The summed E-state index contributed by atoms with van der Waals surface area (Å²) in [6, 6.07) is -1.28. The van der Waals surface area contributed by atoms with Crippen molar-refractivity contribution in [2.24, 2.45) is 0 Å². The number of carboxylic acid groups (broad SMARTS) is 1. The van der Waals surface area contributed by atoms with E-state index in [9.17, 15) is 18.0 Å². The van der Waals surface area contributed by atoms with Gasteiger partial charge in [0.2, 0.25) is 10.0 Å². The second-order valence-electron chi connectivity index (χ2n) is 3.48. The Kier molecular flexibility index (Phi) is 7.48. The lowest BCUT2D eigenvalue weighted by atomic mass is 10.2. The molecule has 0 bridgehead atoms. The number of carboxylic acids is 1. The fourth-order valence-corrected chi connectivity index (χ4v) is 2.30. The van der Waals surface area contributed by atoms with Crippen LogP contribution in [0.1, 0.15) is 12.8 Å². The van der Waals surface area contributed by atoms with Crippen LogP contribution in [-0.4, -0.2) is 58.1 Å². The maximum absolute atomic E-state index is 11.4. The average molecular weight is 283 g/mol. The highest BCUT2D eigenvalue weighted by molar-refractivity contribution is 7.90. The normalized spacial score (nSPS) is 13.0. The molecule has 0 saturated heterocycles. The van der Waals surface area contributed by atoms with Gasteiger partial charge in [-0.1, -0.05) is 0 Å². The van der Waals surface area contributed by atoms with Crippen LogP contribution in [0, 0.1) is 0 Å². The Bertz CT molecular complexity index is 378. The van der Waals surface area contributed by atoms with Gasteiger partial charge in [0.15, 0.2) is 5.75 Å². The van der Waals surface area contributed by atoms with Crippen molar-refractivity contribution in [2.45, 2.75) is 18.9 Å². The summed E-state index contributed by atoms with van der Waals surface area (Å²) < 4.78 is 33.8.